The second kappa shape index (κ2) is 7.58. The topological polar surface area (TPSA) is 40.5 Å². The summed E-state index contributed by atoms with van der Waals surface area (Å²) < 4.78 is 27.2. The van der Waals surface area contributed by atoms with Crippen molar-refractivity contribution < 1.29 is 19.0 Å². The first-order chi connectivity index (χ1) is 13.6. The van der Waals surface area contributed by atoms with Crippen LogP contribution < -0.4 is 0 Å². The second-order valence-corrected chi connectivity index (χ2v) is 11.4. The molecule has 0 bridgehead atoms. The van der Waals surface area contributed by atoms with Gasteiger partial charge in [-0.1, -0.05) is 32.4 Å². The Labute approximate surface area is 175 Å². The van der Waals surface area contributed by atoms with E-state index in [9.17, 15) is 13.9 Å². The molecular weight excluding hydrogens is 370 g/mol. The van der Waals surface area contributed by atoms with Crippen LogP contribution in [0, 0.1) is 40.4 Å². The average Bonchev–Trinajstić information content (AvgIpc) is 3.04. The van der Waals surface area contributed by atoms with Crippen LogP contribution in [0.2, 0.25) is 0 Å². The van der Waals surface area contributed by atoms with Gasteiger partial charge in [-0.15, -0.1) is 0 Å². The molecule has 4 rings (SSSR count). The van der Waals surface area contributed by atoms with E-state index < -0.39 is 12.5 Å². The second-order valence-electron chi connectivity index (χ2n) is 11.4. The van der Waals surface area contributed by atoms with E-state index in [0.717, 1.165) is 31.6 Å². The van der Waals surface area contributed by atoms with E-state index in [1.807, 2.05) is 0 Å². The van der Waals surface area contributed by atoms with Crippen LogP contribution in [-0.4, -0.2) is 28.8 Å². The normalized spacial score (nSPS) is 45.8. The molecule has 3 fully saturated rings. The van der Waals surface area contributed by atoms with E-state index in [2.05, 4.69) is 26.8 Å². The zero-order valence-electron chi connectivity index (χ0n) is 18.5. The molecule has 3 saturated carbocycles. The summed E-state index contributed by atoms with van der Waals surface area (Å²) in [4.78, 5) is 0. The van der Waals surface area contributed by atoms with Crippen LogP contribution in [0.15, 0.2) is 11.6 Å². The van der Waals surface area contributed by atoms with E-state index in [1.54, 1.807) is 0 Å². The van der Waals surface area contributed by atoms with Crippen LogP contribution in [-0.2, 0) is 0 Å². The molecule has 0 heterocycles. The SMILES string of the molecule is CC(CCC(F)(F)CO)C1CCC2C3CC=C4CC(O)CCC4(C)C3CCC12C. The van der Waals surface area contributed by atoms with E-state index in [0.29, 0.717) is 24.2 Å². The Hall–Kier alpha value is -0.480. The maximum Gasteiger partial charge on any atom is 0.270 e. The van der Waals surface area contributed by atoms with Crippen molar-refractivity contribution in [1.29, 1.82) is 0 Å². The van der Waals surface area contributed by atoms with Gasteiger partial charge >= 0.3 is 0 Å². The maximum absolute atomic E-state index is 13.6. The molecule has 4 aliphatic rings. The quantitative estimate of drug-likeness (QED) is 0.548. The van der Waals surface area contributed by atoms with Gasteiger partial charge in [0.25, 0.3) is 5.92 Å². The van der Waals surface area contributed by atoms with Crippen molar-refractivity contribution in [1.82, 2.24) is 0 Å². The smallest absolute Gasteiger partial charge is 0.270 e. The molecule has 0 aromatic carbocycles. The standard InChI is InChI=1S/C25H40F2O2/c1-16(8-13-25(26,27)15-28)20-6-7-21-19-5-4-17-14-18(29)9-11-23(17,2)22(19)10-12-24(20,21)3/h4,16,18-22,28-29H,5-15H2,1-3H3. The number of aliphatic hydroxyl groups excluding tert-OH is 2. The number of fused-ring (bicyclic) bond motifs is 5. The lowest BCUT2D eigenvalue weighted by Gasteiger charge is -2.58. The van der Waals surface area contributed by atoms with Crippen LogP contribution in [0.5, 0.6) is 0 Å². The Kier molecular flexibility index (Phi) is 5.69. The van der Waals surface area contributed by atoms with Gasteiger partial charge in [-0.05, 0) is 98.2 Å². The zero-order chi connectivity index (χ0) is 21.0. The van der Waals surface area contributed by atoms with Crippen molar-refractivity contribution in [3.05, 3.63) is 11.6 Å². The number of alkyl halides is 2. The van der Waals surface area contributed by atoms with Gasteiger partial charge in [0, 0.05) is 6.42 Å². The minimum absolute atomic E-state index is 0.159. The minimum atomic E-state index is -2.93. The lowest BCUT2D eigenvalue weighted by molar-refractivity contribution is -0.0720. The van der Waals surface area contributed by atoms with Crippen LogP contribution >= 0.6 is 0 Å². The molecule has 0 aromatic rings. The third kappa shape index (κ3) is 3.60. The highest BCUT2D eigenvalue weighted by Crippen LogP contribution is 2.67. The fourth-order valence-corrected chi connectivity index (χ4v) is 8.34. The summed E-state index contributed by atoms with van der Waals surface area (Å²) in [5.74, 6) is 0.0156. The number of allylic oxidation sites excluding steroid dienone is 1. The van der Waals surface area contributed by atoms with Gasteiger partial charge in [0.05, 0.1) is 6.10 Å². The predicted octanol–water partition coefficient (Wildman–Crippen LogP) is 5.97. The molecule has 8 atom stereocenters. The largest absolute Gasteiger partial charge is 0.393 e. The van der Waals surface area contributed by atoms with Crippen molar-refractivity contribution in [2.45, 2.75) is 97.0 Å². The van der Waals surface area contributed by atoms with Crippen molar-refractivity contribution in [3.63, 3.8) is 0 Å². The highest BCUT2D eigenvalue weighted by Gasteiger charge is 2.59. The molecule has 0 saturated heterocycles. The van der Waals surface area contributed by atoms with E-state index in [4.69, 9.17) is 5.11 Å². The van der Waals surface area contributed by atoms with Crippen LogP contribution in [0.25, 0.3) is 0 Å². The number of rotatable bonds is 5. The Balaban J connectivity index is 1.50. The lowest BCUT2D eigenvalue weighted by atomic mass is 9.47. The summed E-state index contributed by atoms with van der Waals surface area (Å²) >= 11 is 0. The highest BCUT2D eigenvalue weighted by atomic mass is 19.3. The Morgan fingerprint density at radius 1 is 1.14 bits per heavy atom. The van der Waals surface area contributed by atoms with Gasteiger partial charge in [-0.2, -0.15) is 0 Å². The first-order valence-electron chi connectivity index (χ1n) is 12.0. The molecule has 0 aromatic heterocycles. The zero-order valence-corrected chi connectivity index (χ0v) is 18.5. The molecule has 8 unspecified atom stereocenters. The lowest BCUT2D eigenvalue weighted by Crippen LogP contribution is -2.50. The molecule has 0 spiro atoms. The summed E-state index contributed by atoms with van der Waals surface area (Å²) in [6.45, 7) is 6.05. The van der Waals surface area contributed by atoms with Gasteiger partial charge in [0.15, 0.2) is 0 Å². The Morgan fingerprint density at radius 2 is 1.90 bits per heavy atom. The van der Waals surface area contributed by atoms with Gasteiger partial charge < -0.3 is 10.2 Å². The van der Waals surface area contributed by atoms with Gasteiger partial charge in [0.2, 0.25) is 0 Å². The van der Waals surface area contributed by atoms with Crippen molar-refractivity contribution in [2.75, 3.05) is 6.61 Å². The summed E-state index contributed by atoms with van der Waals surface area (Å²) in [6, 6.07) is 0. The monoisotopic (exact) mass is 410 g/mol. The number of hydrogen-bond acceptors (Lipinski definition) is 2. The van der Waals surface area contributed by atoms with Gasteiger partial charge in [-0.3, -0.25) is 0 Å². The number of hydrogen-bond donors (Lipinski definition) is 2. The van der Waals surface area contributed by atoms with Crippen LogP contribution in [0.4, 0.5) is 8.78 Å². The van der Waals surface area contributed by atoms with Gasteiger partial charge in [0.1, 0.15) is 6.61 Å². The van der Waals surface area contributed by atoms with E-state index in [-0.39, 0.29) is 29.3 Å². The molecular formula is C25H40F2O2. The number of halogens is 2. The highest BCUT2D eigenvalue weighted by molar-refractivity contribution is 5.25. The molecule has 2 N–H and O–H groups in total. The summed E-state index contributed by atoms with van der Waals surface area (Å²) in [5, 5.41) is 19.1. The molecule has 166 valence electrons. The van der Waals surface area contributed by atoms with Crippen molar-refractivity contribution in [3.8, 4) is 0 Å². The maximum atomic E-state index is 13.6. The third-order valence-electron chi connectivity index (χ3n) is 10.0. The summed E-state index contributed by atoms with van der Waals surface area (Å²) in [7, 11) is 0. The molecule has 2 nitrogen and oxygen atoms in total. The molecule has 4 aliphatic carbocycles. The van der Waals surface area contributed by atoms with Crippen molar-refractivity contribution in [2.24, 2.45) is 40.4 Å². The van der Waals surface area contributed by atoms with E-state index >= 15 is 0 Å². The summed E-state index contributed by atoms with van der Waals surface area (Å²) in [6.07, 6.45) is 11.5. The summed E-state index contributed by atoms with van der Waals surface area (Å²) in [5.41, 5.74) is 2.04. The van der Waals surface area contributed by atoms with E-state index in [1.165, 1.54) is 31.3 Å². The Morgan fingerprint density at radius 3 is 2.62 bits per heavy atom. The minimum Gasteiger partial charge on any atom is -0.393 e. The molecule has 0 amide bonds. The fourth-order valence-electron chi connectivity index (χ4n) is 8.34. The first kappa shape index (κ1) is 21.7. The fraction of sp³-hybridized carbons (Fsp3) is 0.920. The van der Waals surface area contributed by atoms with Crippen molar-refractivity contribution >= 4 is 0 Å². The number of aliphatic hydroxyl groups is 2. The van der Waals surface area contributed by atoms with Gasteiger partial charge in [-0.25, -0.2) is 8.78 Å². The Bertz CT molecular complexity index is 647. The molecule has 0 aliphatic heterocycles. The first-order valence-corrected chi connectivity index (χ1v) is 12.0. The predicted molar refractivity (Wildman–Crippen MR) is 112 cm³/mol. The van der Waals surface area contributed by atoms with Crippen LogP contribution in [0.3, 0.4) is 0 Å². The average molecular weight is 411 g/mol. The molecule has 0 radical (unpaired) electrons. The molecule has 29 heavy (non-hydrogen) atoms. The molecule has 4 heteroatoms. The van der Waals surface area contributed by atoms with Crippen LogP contribution in [0.1, 0.15) is 85.0 Å². The third-order valence-corrected chi connectivity index (χ3v) is 10.0.